The SMILES string of the molecule is Cc1cc(N)c(C(=O)NC(C)C2CCC2)cn1. The molecule has 1 aromatic heterocycles. The molecule has 2 rings (SSSR count). The summed E-state index contributed by atoms with van der Waals surface area (Å²) in [6.07, 6.45) is 5.25. The first-order valence-electron chi connectivity index (χ1n) is 6.11. The lowest BCUT2D eigenvalue weighted by atomic mass is 9.80. The summed E-state index contributed by atoms with van der Waals surface area (Å²) in [5.74, 6) is 0.507. The standard InChI is InChI=1S/C13H19N3O/c1-8-6-12(14)11(7-15-8)13(17)16-9(2)10-4-3-5-10/h6-7,9-10H,3-5H2,1-2H3,(H2,14,15)(H,16,17). The second kappa shape index (κ2) is 4.73. The van der Waals surface area contributed by atoms with Crippen molar-refractivity contribution in [1.29, 1.82) is 0 Å². The molecule has 1 atom stereocenters. The van der Waals surface area contributed by atoms with Gasteiger partial charge in [0, 0.05) is 23.6 Å². The molecule has 92 valence electrons. The van der Waals surface area contributed by atoms with Crippen LogP contribution in [0.25, 0.3) is 0 Å². The summed E-state index contributed by atoms with van der Waals surface area (Å²) in [7, 11) is 0. The van der Waals surface area contributed by atoms with Gasteiger partial charge in [0.1, 0.15) is 0 Å². The van der Waals surface area contributed by atoms with E-state index in [1.807, 2.05) is 6.92 Å². The maximum Gasteiger partial charge on any atom is 0.255 e. The molecule has 0 aliphatic heterocycles. The van der Waals surface area contributed by atoms with Gasteiger partial charge in [0.05, 0.1) is 5.56 Å². The van der Waals surface area contributed by atoms with Crippen molar-refractivity contribution in [2.75, 3.05) is 5.73 Å². The van der Waals surface area contributed by atoms with Crippen LogP contribution in [0.3, 0.4) is 0 Å². The average Bonchev–Trinajstić information content (AvgIpc) is 2.13. The molecule has 17 heavy (non-hydrogen) atoms. The van der Waals surface area contributed by atoms with E-state index in [1.54, 1.807) is 12.3 Å². The van der Waals surface area contributed by atoms with Crippen molar-refractivity contribution in [2.45, 2.75) is 39.2 Å². The molecular weight excluding hydrogens is 214 g/mol. The molecule has 4 nitrogen and oxygen atoms in total. The predicted octanol–water partition coefficient (Wildman–Crippen LogP) is 1.89. The highest BCUT2D eigenvalue weighted by Crippen LogP contribution is 2.29. The second-order valence-electron chi connectivity index (χ2n) is 4.87. The first-order valence-corrected chi connectivity index (χ1v) is 6.11. The van der Waals surface area contributed by atoms with E-state index in [2.05, 4.69) is 17.2 Å². The van der Waals surface area contributed by atoms with Crippen LogP contribution in [0.5, 0.6) is 0 Å². The van der Waals surface area contributed by atoms with Gasteiger partial charge in [0.15, 0.2) is 0 Å². The van der Waals surface area contributed by atoms with Gasteiger partial charge in [-0.25, -0.2) is 0 Å². The van der Waals surface area contributed by atoms with E-state index in [9.17, 15) is 4.79 Å². The Bertz CT molecular complexity index is 427. The lowest BCUT2D eigenvalue weighted by Crippen LogP contribution is -2.40. The van der Waals surface area contributed by atoms with Crippen molar-refractivity contribution in [2.24, 2.45) is 5.92 Å². The number of rotatable bonds is 3. The zero-order valence-corrected chi connectivity index (χ0v) is 10.4. The largest absolute Gasteiger partial charge is 0.398 e. The van der Waals surface area contributed by atoms with Crippen LogP contribution in [-0.4, -0.2) is 16.9 Å². The topological polar surface area (TPSA) is 68.0 Å². The molecule has 1 fully saturated rings. The smallest absolute Gasteiger partial charge is 0.255 e. The highest BCUT2D eigenvalue weighted by atomic mass is 16.1. The molecule has 1 heterocycles. The molecule has 1 aliphatic rings. The summed E-state index contributed by atoms with van der Waals surface area (Å²) < 4.78 is 0. The Morgan fingerprint density at radius 1 is 1.59 bits per heavy atom. The fourth-order valence-corrected chi connectivity index (χ4v) is 2.11. The first-order chi connectivity index (χ1) is 8.08. The summed E-state index contributed by atoms with van der Waals surface area (Å²) in [4.78, 5) is 16.1. The average molecular weight is 233 g/mol. The van der Waals surface area contributed by atoms with E-state index >= 15 is 0 Å². The third kappa shape index (κ3) is 2.57. The molecule has 0 bridgehead atoms. The Hall–Kier alpha value is -1.58. The van der Waals surface area contributed by atoms with Gasteiger partial charge in [0.2, 0.25) is 0 Å². The number of carbonyl (C=O) groups is 1. The van der Waals surface area contributed by atoms with Gasteiger partial charge in [-0.15, -0.1) is 0 Å². The number of aryl methyl sites for hydroxylation is 1. The third-order valence-corrected chi connectivity index (χ3v) is 3.53. The second-order valence-corrected chi connectivity index (χ2v) is 4.87. The summed E-state index contributed by atoms with van der Waals surface area (Å²) in [5, 5.41) is 3.00. The van der Waals surface area contributed by atoms with Gasteiger partial charge in [-0.1, -0.05) is 6.42 Å². The number of aromatic nitrogens is 1. The molecule has 1 aromatic rings. The van der Waals surface area contributed by atoms with Crippen molar-refractivity contribution >= 4 is 11.6 Å². The summed E-state index contributed by atoms with van der Waals surface area (Å²) in [6, 6.07) is 1.94. The molecule has 4 heteroatoms. The minimum Gasteiger partial charge on any atom is -0.398 e. The van der Waals surface area contributed by atoms with E-state index in [-0.39, 0.29) is 11.9 Å². The fourth-order valence-electron chi connectivity index (χ4n) is 2.11. The lowest BCUT2D eigenvalue weighted by Gasteiger charge is -2.31. The van der Waals surface area contributed by atoms with Crippen LogP contribution in [0.2, 0.25) is 0 Å². The Morgan fingerprint density at radius 3 is 2.82 bits per heavy atom. The van der Waals surface area contributed by atoms with Gasteiger partial charge >= 0.3 is 0 Å². The lowest BCUT2D eigenvalue weighted by molar-refractivity contribution is 0.0910. The van der Waals surface area contributed by atoms with Crippen LogP contribution in [0.15, 0.2) is 12.3 Å². The number of pyridine rings is 1. The Morgan fingerprint density at radius 2 is 2.29 bits per heavy atom. The van der Waals surface area contributed by atoms with E-state index in [4.69, 9.17) is 5.73 Å². The Balaban J connectivity index is 2.03. The van der Waals surface area contributed by atoms with Crippen LogP contribution in [0.1, 0.15) is 42.2 Å². The Labute approximate surface area is 102 Å². The highest BCUT2D eigenvalue weighted by Gasteiger charge is 2.25. The number of anilines is 1. The number of amides is 1. The van der Waals surface area contributed by atoms with Gasteiger partial charge in [0.25, 0.3) is 5.91 Å². The molecular formula is C13H19N3O. The van der Waals surface area contributed by atoms with Crippen LogP contribution in [-0.2, 0) is 0 Å². The Kier molecular flexibility index (Phi) is 3.31. The van der Waals surface area contributed by atoms with E-state index < -0.39 is 0 Å². The van der Waals surface area contributed by atoms with E-state index in [0.717, 1.165) is 5.69 Å². The molecule has 0 saturated heterocycles. The monoisotopic (exact) mass is 233 g/mol. The van der Waals surface area contributed by atoms with Crippen molar-refractivity contribution in [1.82, 2.24) is 10.3 Å². The minimum atomic E-state index is -0.116. The van der Waals surface area contributed by atoms with Crippen LogP contribution < -0.4 is 11.1 Å². The highest BCUT2D eigenvalue weighted by molar-refractivity contribution is 5.98. The molecule has 1 unspecified atom stereocenters. The maximum absolute atomic E-state index is 12.0. The number of nitrogens with two attached hydrogens (primary N) is 1. The summed E-state index contributed by atoms with van der Waals surface area (Å²) in [5.41, 5.74) is 7.61. The molecule has 1 aliphatic carbocycles. The number of hydrogen-bond acceptors (Lipinski definition) is 3. The zero-order valence-electron chi connectivity index (χ0n) is 10.4. The number of carbonyl (C=O) groups excluding carboxylic acids is 1. The molecule has 0 aromatic carbocycles. The van der Waals surface area contributed by atoms with E-state index in [1.165, 1.54) is 19.3 Å². The normalized spacial score (nSPS) is 17.3. The molecule has 3 N–H and O–H groups in total. The zero-order chi connectivity index (χ0) is 12.4. The number of hydrogen-bond donors (Lipinski definition) is 2. The number of nitrogens with one attached hydrogen (secondary N) is 1. The van der Waals surface area contributed by atoms with Crippen molar-refractivity contribution < 1.29 is 4.79 Å². The van der Waals surface area contributed by atoms with Crippen molar-refractivity contribution in [3.63, 3.8) is 0 Å². The van der Waals surface area contributed by atoms with E-state index in [0.29, 0.717) is 17.2 Å². The van der Waals surface area contributed by atoms with Crippen LogP contribution >= 0.6 is 0 Å². The minimum absolute atomic E-state index is 0.116. The third-order valence-electron chi connectivity index (χ3n) is 3.53. The number of nitrogen functional groups attached to an aromatic ring is 1. The van der Waals surface area contributed by atoms with Crippen LogP contribution in [0, 0.1) is 12.8 Å². The van der Waals surface area contributed by atoms with Crippen molar-refractivity contribution in [3.05, 3.63) is 23.5 Å². The fraction of sp³-hybridized carbons (Fsp3) is 0.538. The predicted molar refractivity (Wildman–Crippen MR) is 67.7 cm³/mol. The van der Waals surface area contributed by atoms with Crippen LogP contribution in [0.4, 0.5) is 5.69 Å². The molecule has 1 saturated carbocycles. The summed E-state index contributed by atoms with van der Waals surface area (Å²) in [6.45, 7) is 3.91. The van der Waals surface area contributed by atoms with Gasteiger partial charge in [-0.05, 0) is 38.7 Å². The number of nitrogens with zero attached hydrogens (tertiary/aromatic N) is 1. The van der Waals surface area contributed by atoms with Gasteiger partial charge < -0.3 is 11.1 Å². The molecule has 0 spiro atoms. The summed E-state index contributed by atoms with van der Waals surface area (Å²) >= 11 is 0. The molecule has 0 radical (unpaired) electrons. The quantitative estimate of drug-likeness (QED) is 0.837. The molecule has 1 amide bonds. The van der Waals surface area contributed by atoms with Gasteiger partial charge in [-0.3, -0.25) is 9.78 Å². The van der Waals surface area contributed by atoms with Crippen molar-refractivity contribution in [3.8, 4) is 0 Å². The van der Waals surface area contributed by atoms with Gasteiger partial charge in [-0.2, -0.15) is 0 Å². The maximum atomic E-state index is 12.0. The first kappa shape index (κ1) is 11.9.